The molecule has 3 nitrogen and oxygen atoms in total. The van der Waals surface area contributed by atoms with Crippen LogP contribution in [0.2, 0.25) is 0 Å². The van der Waals surface area contributed by atoms with Gasteiger partial charge in [0.15, 0.2) is 0 Å². The second-order valence-corrected chi connectivity index (χ2v) is 6.64. The average molecular weight is 251 g/mol. The number of nitrogens with zero attached hydrogens (tertiary/aromatic N) is 2. The first kappa shape index (κ1) is 12.9. The number of hydrogen-bond donors (Lipinski definition) is 1. The molecule has 1 spiro atoms. The van der Waals surface area contributed by atoms with Crippen LogP contribution in [0.1, 0.15) is 38.5 Å². The Morgan fingerprint density at radius 3 is 1.89 bits per heavy atom. The van der Waals surface area contributed by atoms with Gasteiger partial charge in [-0.15, -0.1) is 0 Å². The molecule has 0 radical (unpaired) electrons. The lowest BCUT2D eigenvalue weighted by Gasteiger charge is -2.40. The van der Waals surface area contributed by atoms with Crippen LogP contribution in [-0.2, 0) is 0 Å². The van der Waals surface area contributed by atoms with E-state index in [1.165, 1.54) is 90.9 Å². The number of piperidine rings is 1. The molecule has 0 unspecified atom stereocenters. The van der Waals surface area contributed by atoms with E-state index >= 15 is 0 Å². The third-order valence-corrected chi connectivity index (χ3v) is 5.52. The predicted octanol–water partition coefficient (Wildman–Crippen LogP) is 1.55. The highest BCUT2D eigenvalue weighted by atomic mass is 15.2. The van der Waals surface area contributed by atoms with Crippen molar-refractivity contribution in [3.05, 3.63) is 0 Å². The molecular weight excluding hydrogens is 222 g/mol. The van der Waals surface area contributed by atoms with E-state index in [1.54, 1.807) is 0 Å². The fourth-order valence-corrected chi connectivity index (χ4v) is 4.09. The fraction of sp³-hybridized carbons (Fsp3) is 1.00. The Bertz CT molecular complexity index is 244. The SMILES string of the molecule is C1CCC2(C1)CCN(CCN1CCNCC1)CC2. The van der Waals surface area contributed by atoms with Crippen LogP contribution in [0.5, 0.6) is 0 Å². The molecule has 1 saturated carbocycles. The Balaban J connectivity index is 1.37. The monoisotopic (exact) mass is 251 g/mol. The Labute approximate surface area is 112 Å². The third kappa shape index (κ3) is 3.06. The summed E-state index contributed by atoms with van der Waals surface area (Å²) in [6.07, 6.45) is 9.02. The second-order valence-electron chi connectivity index (χ2n) is 6.64. The standard InChI is InChI=1S/C15H29N3/c1-2-4-15(3-1)5-9-17(10-6-15)13-14-18-11-7-16-8-12-18/h16H,1-14H2. The highest BCUT2D eigenvalue weighted by Crippen LogP contribution is 2.45. The first-order chi connectivity index (χ1) is 8.86. The summed E-state index contributed by atoms with van der Waals surface area (Å²) in [6, 6.07) is 0. The molecule has 0 atom stereocenters. The Hall–Kier alpha value is -0.120. The van der Waals surface area contributed by atoms with E-state index in [0.29, 0.717) is 0 Å². The van der Waals surface area contributed by atoms with Crippen molar-refractivity contribution in [1.82, 2.24) is 15.1 Å². The lowest BCUT2D eigenvalue weighted by Crippen LogP contribution is -2.47. The van der Waals surface area contributed by atoms with Crippen molar-refractivity contribution in [3.63, 3.8) is 0 Å². The van der Waals surface area contributed by atoms with Crippen molar-refractivity contribution in [2.75, 3.05) is 52.4 Å². The molecule has 1 N–H and O–H groups in total. The zero-order chi connectivity index (χ0) is 12.3. The molecule has 2 heterocycles. The van der Waals surface area contributed by atoms with E-state index < -0.39 is 0 Å². The summed E-state index contributed by atoms with van der Waals surface area (Å²) in [5.74, 6) is 0. The summed E-state index contributed by atoms with van der Waals surface area (Å²) in [5.41, 5.74) is 0.783. The van der Waals surface area contributed by atoms with Crippen LogP contribution in [0.15, 0.2) is 0 Å². The van der Waals surface area contributed by atoms with Crippen molar-refractivity contribution in [2.45, 2.75) is 38.5 Å². The first-order valence-corrected chi connectivity index (χ1v) is 8.02. The van der Waals surface area contributed by atoms with Gasteiger partial charge in [0.05, 0.1) is 0 Å². The second kappa shape index (κ2) is 5.89. The van der Waals surface area contributed by atoms with E-state index in [-0.39, 0.29) is 0 Å². The number of piperazine rings is 1. The maximum Gasteiger partial charge on any atom is 0.0110 e. The highest BCUT2D eigenvalue weighted by molar-refractivity contribution is 4.89. The van der Waals surface area contributed by atoms with Gasteiger partial charge in [-0.1, -0.05) is 12.8 Å². The van der Waals surface area contributed by atoms with Crippen LogP contribution in [0.25, 0.3) is 0 Å². The molecule has 0 bridgehead atoms. The minimum atomic E-state index is 0.783. The molecule has 0 aromatic carbocycles. The van der Waals surface area contributed by atoms with Crippen LogP contribution in [0.4, 0.5) is 0 Å². The number of rotatable bonds is 3. The summed E-state index contributed by atoms with van der Waals surface area (Å²) < 4.78 is 0. The lowest BCUT2D eigenvalue weighted by molar-refractivity contribution is 0.0958. The Morgan fingerprint density at radius 2 is 1.28 bits per heavy atom. The van der Waals surface area contributed by atoms with Gasteiger partial charge in [-0.2, -0.15) is 0 Å². The van der Waals surface area contributed by atoms with Gasteiger partial charge in [-0.3, -0.25) is 4.90 Å². The summed E-state index contributed by atoms with van der Waals surface area (Å²) in [5, 5.41) is 3.43. The van der Waals surface area contributed by atoms with Crippen molar-refractivity contribution in [2.24, 2.45) is 5.41 Å². The van der Waals surface area contributed by atoms with E-state index in [1.807, 2.05) is 0 Å². The molecule has 18 heavy (non-hydrogen) atoms. The summed E-state index contributed by atoms with van der Waals surface area (Å²) in [4.78, 5) is 5.34. The van der Waals surface area contributed by atoms with E-state index in [9.17, 15) is 0 Å². The maximum absolute atomic E-state index is 3.43. The molecule has 3 heteroatoms. The summed E-state index contributed by atoms with van der Waals surface area (Å²) in [6.45, 7) is 10.2. The van der Waals surface area contributed by atoms with Crippen molar-refractivity contribution in [3.8, 4) is 0 Å². The van der Waals surface area contributed by atoms with Crippen LogP contribution >= 0.6 is 0 Å². The van der Waals surface area contributed by atoms with Gasteiger partial charge in [-0.25, -0.2) is 0 Å². The van der Waals surface area contributed by atoms with Gasteiger partial charge in [0.25, 0.3) is 0 Å². The molecule has 3 aliphatic rings. The maximum atomic E-state index is 3.43. The topological polar surface area (TPSA) is 18.5 Å². The quantitative estimate of drug-likeness (QED) is 0.821. The minimum absolute atomic E-state index is 0.783. The van der Waals surface area contributed by atoms with Crippen LogP contribution in [0.3, 0.4) is 0 Å². The van der Waals surface area contributed by atoms with Crippen molar-refractivity contribution >= 4 is 0 Å². The normalized spacial score (nSPS) is 30.0. The van der Waals surface area contributed by atoms with Gasteiger partial charge >= 0.3 is 0 Å². The van der Waals surface area contributed by atoms with Crippen LogP contribution in [-0.4, -0.2) is 62.2 Å². The van der Waals surface area contributed by atoms with E-state index in [4.69, 9.17) is 0 Å². The smallest absolute Gasteiger partial charge is 0.0110 e. The van der Waals surface area contributed by atoms with Crippen molar-refractivity contribution < 1.29 is 0 Å². The largest absolute Gasteiger partial charge is 0.314 e. The molecule has 3 rings (SSSR count). The lowest BCUT2D eigenvalue weighted by atomic mass is 9.77. The molecular formula is C15H29N3. The first-order valence-electron chi connectivity index (χ1n) is 8.02. The molecule has 0 aromatic heterocycles. The van der Waals surface area contributed by atoms with Crippen LogP contribution < -0.4 is 5.32 Å². The Morgan fingerprint density at radius 1 is 0.722 bits per heavy atom. The van der Waals surface area contributed by atoms with E-state index in [0.717, 1.165) is 5.41 Å². The fourth-order valence-electron chi connectivity index (χ4n) is 4.09. The number of likely N-dealkylation sites (tertiary alicyclic amines) is 1. The number of nitrogens with one attached hydrogen (secondary N) is 1. The highest BCUT2D eigenvalue weighted by Gasteiger charge is 2.36. The molecule has 2 aliphatic heterocycles. The minimum Gasteiger partial charge on any atom is -0.314 e. The predicted molar refractivity (Wildman–Crippen MR) is 75.9 cm³/mol. The molecule has 104 valence electrons. The third-order valence-electron chi connectivity index (χ3n) is 5.52. The van der Waals surface area contributed by atoms with Crippen LogP contribution in [0, 0.1) is 5.41 Å². The Kier molecular flexibility index (Phi) is 4.22. The molecule has 0 aromatic rings. The van der Waals surface area contributed by atoms with Gasteiger partial charge in [-0.05, 0) is 44.2 Å². The van der Waals surface area contributed by atoms with Crippen molar-refractivity contribution in [1.29, 1.82) is 0 Å². The van der Waals surface area contributed by atoms with Gasteiger partial charge in [0, 0.05) is 39.3 Å². The van der Waals surface area contributed by atoms with E-state index in [2.05, 4.69) is 15.1 Å². The molecule has 2 saturated heterocycles. The molecule has 0 amide bonds. The summed E-state index contributed by atoms with van der Waals surface area (Å²) in [7, 11) is 0. The zero-order valence-corrected chi connectivity index (χ0v) is 11.8. The van der Waals surface area contributed by atoms with Gasteiger partial charge in [0.1, 0.15) is 0 Å². The average Bonchev–Trinajstić information content (AvgIpc) is 2.88. The van der Waals surface area contributed by atoms with Gasteiger partial charge in [0.2, 0.25) is 0 Å². The number of hydrogen-bond acceptors (Lipinski definition) is 3. The zero-order valence-electron chi connectivity index (χ0n) is 11.8. The molecule has 1 aliphatic carbocycles. The molecule has 3 fully saturated rings. The summed E-state index contributed by atoms with van der Waals surface area (Å²) >= 11 is 0. The van der Waals surface area contributed by atoms with Gasteiger partial charge < -0.3 is 10.2 Å².